The second kappa shape index (κ2) is 6.77. The van der Waals surface area contributed by atoms with Crippen molar-refractivity contribution in [3.05, 3.63) is 41.7 Å². The first-order valence-electron chi connectivity index (χ1n) is 7.49. The lowest BCUT2D eigenvalue weighted by Gasteiger charge is -2.25. The molecule has 1 aliphatic rings. The van der Waals surface area contributed by atoms with Crippen LogP contribution >= 0.6 is 0 Å². The Balaban J connectivity index is 1.72. The molecule has 0 bridgehead atoms. The third-order valence-electron chi connectivity index (χ3n) is 3.78. The van der Waals surface area contributed by atoms with E-state index < -0.39 is 9.84 Å². The summed E-state index contributed by atoms with van der Waals surface area (Å²) in [4.78, 5) is 2.60. The Morgan fingerprint density at radius 1 is 1.17 bits per heavy atom. The summed E-state index contributed by atoms with van der Waals surface area (Å²) >= 11 is 0. The molecule has 1 fully saturated rings. The average molecular weight is 336 g/mol. The average Bonchev–Trinajstić information content (AvgIpc) is 2.95. The Morgan fingerprint density at radius 2 is 1.91 bits per heavy atom. The second-order valence-electron chi connectivity index (χ2n) is 5.68. The van der Waals surface area contributed by atoms with E-state index in [9.17, 15) is 8.42 Å². The summed E-state index contributed by atoms with van der Waals surface area (Å²) in [5, 5.41) is 8.29. The molecule has 124 valence electrons. The highest BCUT2D eigenvalue weighted by molar-refractivity contribution is 7.90. The van der Waals surface area contributed by atoms with Crippen LogP contribution in [0.5, 0.6) is 0 Å². The van der Waals surface area contributed by atoms with Gasteiger partial charge in [-0.05, 0) is 11.6 Å². The summed E-state index contributed by atoms with van der Waals surface area (Å²) in [5.41, 5.74) is 1.60. The minimum atomic E-state index is -3.25. The van der Waals surface area contributed by atoms with Crippen molar-refractivity contribution in [1.29, 1.82) is 0 Å². The third kappa shape index (κ3) is 4.15. The Kier molecular flexibility index (Phi) is 4.74. The molecule has 23 heavy (non-hydrogen) atoms. The van der Waals surface area contributed by atoms with E-state index in [0.29, 0.717) is 11.4 Å². The number of rotatable bonds is 5. The molecular weight excluding hydrogens is 316 g/mol. The fourth-order valence-electron chi connectivity index (χ4n) is 2.65. The topological polar surface area (TPSA) is 77.3 Å². The van der Waals surface area contributed by atoms with Crippen LogP contribution in [0, 0.1) is 0 Å². The Bertz CT molecular complexity index is 767. The van der Waals surface area contributed by atoms with Gasteiger partial charge in [-0.3, -0.25) is 4.90 Å². The fraction of sp³-hybridized carbons (Fsp3) is 0.467. The molecule has 0 spiro atoms. The van der Waals surface area contributed by atoms with Crippen molar-refractivity contribution >= 4 is 9.84 Å². The SMILES string of the molecule is CS(=O)(=O)c1ccccc1Cn1cc(CN2CCOCC2)nn1. The number of hydrogen-bond acceptors (Lipinski definition) is 6. The smallest absolute Gasteiger partial charge is 0.175 e. The molecule has 1 saturated heterocycles. The summed E-state index contributed by atoms with van der Waals surface area (Å²) in [7, 11) is -3.25. The van der Waals surface area contributed by atoms with Crippen molar-refractivity contribution in [1.82, 2.24) is 19.9 Å². The van der Waals surface area contributed by atoms with Crippen LogP contribution in [-0.4, -0.2) is 60.9 Å². The quantitative estimate of drug-likeness (QED) is 0.794. The van der Waals surface area contributed by atoms with Gasteiger partial charge in [-0.1, -0.05) is 23.4 Å². The van der Waals surface area contributed by atoms with E-state index in [4.69, 9.17) is 4.74 Å². The van der Waals surface area contributed by atoms with Crippen LogP contribution in [-0.2, 0) is 27.7 Å². The van der Waals surface area contributed by atoms with Gasteiger partial charge in [0.2, 0.25) is 0 Å². The highest BCUT2D eigenvalue weighted by Gasteiger charge is 2.15. The maximum atomic E-state index is 11.8. The highest BCUT2D eigenvalue weighted by atomic mass is 32.2. The van der Waals surface area contributed by atoms with Crippen LogP contribution in [0.1, 0.15) is 11.3 Å². The lowest BCUT2D eigenvalue weighted by molar-refractivity contribution is 0.0336. The Hall–Kier alpha value is -1.77. The van der Waals surface area contributed by atoms with Crippen molar-refractivity contribution < 1.29 is 13.2 Å². The molecule has 0 radical (unpaired) electrons. The highest BCUT2D eigenvalue weighted by Crippen LogP contribution is 2.16. The molecular formula is C15H20N4O3S. The summed E-state index contributed by atoms with van der Waals surface area (Å²) in [6.07, 6.45) is 3.09. The Labute approximate surface area is 135 Å². The first-order chi connectivity index (χ1) is 11.0. The normalized spacial score (nSPS) is 16.6. The van der Waals surface area contributed by atoms with Gasteiger partial charge < -0.3 is 4.74 Å². The predicted octanol–water partition coefficient (Wildman–Crippen LogP) is 0.562. The molecule has 0 saturated carbocycles. The molecule has 3 rings (SSSR count). The standard InChI is InChI=1S/C15H20N4O3S/c1-23(20,21)15-5-3-2-4-13(15)10-19-12-14(16-17-19)11-18-6-8-22-9-7-18/h2-5,12H,6-11H2,1H3. The third-order valence-corrected chi connectivity index (χ3v) is 4.98. The number of hydrogen-bond donors (Lipinski definition) is 0. The van der Waals surface area contributed by atoms with Gasteiger partial charge in [0.05, 0.1) is 36.5 Å². The number of ether oxygens (including phenoxy) is 1. The molecule has 0 aliphatic carbocycles. The van der Waals surface area contributed by atoms with E-state index in [2.05, 4.69) is 15.2 Å². The number of nitrogens with zero attached hydrogens (tertiary/aromatic N) is 4. The van der Waals surface area contributed by atoms with E-state index >= 15 is 0 Å². The minimum absolute atomic E-state index is 0.338. The molecule has 0 amide bonds. The van der Waals surface area contributed by atoms with Gasteiger partial charge in [0.1, 0.15) is 0 Å². The number of sulfone groups is 1. The molecule has 8 heteroatoms. The fourth-order valence-corrected chi connectivity index (χ4v) is 3.58. The predicted molar refractivity (Wildman–Crippen MR) is 84.8 cm³/mol. The first-order valence-corrected chi connectivity index (χ1v) is 9.38. The van der Waals surface area contributed by atoms with Crippen molar-refractivity contribution in [3.63, 3.8) is 0 Å². The first kappa shape index (κ1) is 16.1. The zero-order chi connectivity index (χ0) is 16.3. The zero-order valence-electron chi connectivity index (χ0n) is 13.1. The van der Waals surface area contributed by atoms with Gasteiger partial charge in [0, 0.05) is 25.9 Å². The van der Waals surface area contributed by atoms with E-state index in [0.717, 1.165) is 44.1 Å². The van der Waals surface area contributed by atoms with Crippen LogP contribution in [0.15, 0.2) is 35.4 Å². The second-order valence-corrected chi connectivity index (χ2v) is 7.66. The molecule has 1 aromatic carbocycles. The largest absolute Gasteiger partial charge is 0.379 e. The van der Waals surface area contributed by atoms with Gasteiger partial charge in [-0.25, -0.2) is 13.1 Å². The molecule has 2 aromatic rings. The van der Waals surface area contributed by atoms with Crippen LogP contribution in [0.25, 0.3) is 0 Å². The van der Waals surface area contributed by atoms with Gasteiger partial charge in [-0.15, -0.1) is 5.10 Å². The van der Waals surface area contributed by atoms with Gasteiger partial charge in [-0.2, -0.15) is 0 Å². The molecule has 0 unspecified atom stereocenters. The molecule has 7 nitrogen and oxygen atoms in total. The van der Waals surface area contributed by atoms with E-state index in [1.165, 1.54) is 6.26 Å². The van der Waals surface area contributed by atoms with Crippen LogP contribution < -0.4 is 0 Å². The maximum Gasteiger partial charge on any atom is 0.175 e. The summed E-state index contributed by atoms with van der Waals surface area (Å²) < 4.78 is 30.7. The zero-order valence-corrected chi connectivity index (χ0v) is 13.9. The maximum absolute atomic E-state index is 11.8. The lowest BCUT2D eigenvalue weighted by atomic mass is 10.2. The summed E-state index contributed by atoms with van der Waals surface area (Å²) in [6.45, 7) is 4.40. The number of morpholine rings is 1. The molecule has 0 N–H and O–H groups in total. The van der Waals surface area contributed by atoms with E-state index in [1.54, 1.807) is 22.9 Å². The summed E-state index contributed by atoms with van der Waals surface area (Å²) in [5.74, 6) is 0. The lowest BCUT2D eigenvalue weighted by Crippen LogP contribution is -2.35. The van der Waals surface area contributed by atoms with Crippen molar-refractivity contribution in [2.75, 3.05) is 32.6 Å². The van der Waals surface area contributed by atoms with Crippen molar-refractivity contribution in [3.8, 4) is 0 Å². The monoisotopic (exact) mass is 336 g/mol. The van der Waals surface area contributed by atoms with Crippen LogP contribution in [0.3, 0.4) is 0 Å². The number of aromatic nitrogens is 3. The molecule has 2 heterocycles. The van der Waals surface area contributed by atoms with E-state index in [1.807, 2.05) is 12.3 Å². The molecule has 1 aromatic heterocycles. The minimum Gasteiger partial charge on any atom is -0.379 e. The summed E-state index contributed by atoms with van der Waals surface area (Å²) in [6, 6.07) is 6.98. The molecule has 1 aliphatic heterocycles. The van der Waals surface area contributed by atoms with Crippen molar-refractivity contribution in [2.24, 2.45) is 0 Å². The van der Waals surface area contributed by atoms with Crippen LogP contribution in [0.4, 0.5) is 0 Å². The molecule has 0 atom stereocenters. The Morgan fingerprint density at radius 3 is 2.65 bits per heavy atom. The van der Waals surface area contributed by atoms with Gasteiger partial charge >= 0.3 is 0 Å². The number of benzene rings is 1. The van der Waals surface area contributed by atoms with Gasteiger partial charge in [0.25, 0.3) is 0 Å². The van der Waals surface area contributed by atoms with Crippen LogP contribution in [0.2, 0.25) is 0 Å². The van der Waals surface area contributed by atoms with Gasteiger partial charge in [0.15, 0.2) is 9.84 Å². The van der Waals surface area contributed by atoms with E-state index in [-0.39, 0.29) is 0 Å². The van der Waals surface area contributed by atoms with Crippen molar-refractivity contribution in [2.45, 2.75) is 18.0 Å².